The van der Waals surface area contributed by atoms with Crippen LogP contribution in [0.15, 0.2) is 12.4 Å². The van der Waals surface area contributed by atoms with Crippen molar-refractivity contribution in [3.63, 3.8) is 0 Å². The van der Waals surface area contributed by atoms with Crippen molar-refractivity contribution >= 4 is 21.9 Å². The van der Waals surface area contributed by atoms with E-state index in [1.165, 1.54) is 12.4 Å². The summed E-state index contributed by atoms with van der Waals surface area (Å²) in [5.41, 5.74) is 0. The van der Waals surface area contributed by atoms with Gasteiger partial charge in [-0.15, -0.1) is 0 Å². The van der Waals surface area contributed by atoms with E-state index in [0.717, 1.165) is 4.57 Å². The molecule has 17 heavy (non-hydrogen) atoms. The Morgan fingerprint density at radius 2 is 2.47 bits per heavy atom. The fraction of sp³-hybridized carbons (Fsp3) is 0.625. The lowest BCUT2D eigenvalue weighted by Gasteiger charge is -2.12. The number of imidazole rings is 1. The molecule has 1 aromatic heterocycles. The molecule has 94 valence electrons. The third-order valence-electron chi connectivity index (χ3n) is 2.53. The van der Waals surface area contributed by atoms with Gasteiger partial charge in [0.2, 0.25) is 0 Å². The van der Waals surface area contributed by atoms with E-state index >= 15 is 0 Å². The van der Waals surface area contributed by atoms with Crippen LogP contribution in [-0.2, 0) is 4.74 Å². The third-order valence-corrected chi connectivity index (χ3v) is 3.53. The van der Waals surface area contributed by atoms with Crippen LogP contribution in [0.3, 0.4) is 0 Å². The fourth-order valence-electron chi connectivity index (χ4n) is 1.70. The number of aliphatic hydroxyl groups excluding tert-OH is 1. The van der Waals surface area contributed by atoms with E-state index in [1.807, 2.05) is 0 Å². The van der Waals surface area contributed by atoms with Gasteiger partial charge in [0, 0.05) is 0 Å². The average molecular weight is 310 g/mol. The van der Waals surface area contributed by atoms with Gasteiger partial charge in [0.15, 0.2) is 6.23 Å². The summed E-state index contributed by atoms with van der Waals surface area (Å²) in [5.74, 6) is -0.411. The molecule has 0 radical (unpaired) electrons. The maximum absolute atomic E-state index is 12.5. The Morgan fingerprint density at radius 3 is 3.00 bits per heavy atom. The number of hydrogen-bond donors (Lipinski definition) is 1. The van der Waals surface area contributed by atoms with Crippen LogP contribution in [0.5, 0.6) is 0 Å². The fourth-order valence-corrected chi connectivity index (χ4v) is 2.42. The number of alkyl halides is 2. The van der Waals surface area contributed by atoms with Gasteiger partial charge in [-0.05, 0) is 4.92 Å². The lowest BCUT2D eigenvalue weighted by Crippen LogP contribution is -2.28. The van der Waals surface area contributed by atoms with Crippen LogP contribution in [0.2, 0.25) is 0 Å². The summed E-state index contributed by atoms with van der Waals surface area (Å²) in [6.45, 7) is -0.859. The van der Waals surface area contributed by atoms with Crippen LogP contribution in [-0.4, -0.2) is 43.3 Å². The molecule has 4 atom stereocenters. The number of rotatable bonds is 3. The number of nitrogens with zero attached hydrogens (tertiary/aromatic N) is 3. The molecule has 1 aliphatic rings. The predicted molar refractivity (Wildman–Crippen MR) is 57.5 cm³/mol. The monoisotopic (exact) mass is 309 g/mol. The molecule has 0 aromatic carbocycles. The Bertz CT molecular complexity index is 429. The van der Waals surface area contributed by atoms with Crippen LogP contribution in [0.4, 0.5) is 10.3 Å². The zero-order valence-corrected chi connectivity index (χ0v) is 10.0. The second-order valence-corrected chi connectivity index (χ2v) is 4.60. The molecule has 1 N–H and O–H groups in total. The molecule has 0 saturated carbocycles. The van der Waals surface area contributed by atoms with Gasteiger partial charge in [-0.1, -0.05) is 20.9 Å². The molecule has 0 unspecified atom stereocenters. The van der Waals surface area contributed by atoms with Gasteiger partial charge < -0.3 is 20.0 Å². The number of ether oxygens (including phenoxy) is 1. The van der Waals surface area contributed by atoms with E-state index < -0.39 is 40.8 Å². The summed E-state index contributed by atoms with van der Waals surface area (Å²) in [6.07, 6.45) is -0.312. The minimum Gasteiger partial charge on any atom is -0.390 e. The molecule has 0 spiro atoms. The number of halogens is 2. The molecule has 2 heterocycles. The second kappa shape index (κ2) is 4.67. The lowest BCUT2D eigenvalue weighted by atomic mass is 10.2. The second-order valence-electron chi connectivity index (χ2n) is 3.55. The van der Waals surface area contributed by atoms with E-state index in [4.69, 9.17) is 4.74 Å². The van der Waals surface area contributed by atoms with Gasteiger partial charge in [-0.25, -0.2) is 8.96 Å². The standard InChI is InChI=1S/C8H9BrFN3O4/c9-5-6(14)4(3-10)17-7(5)12-2-1-11-8(12)13(15)16/h1-2,4-7,14H,3H2/t4-,5+,6-,7-/m1/s1. The largest absolute Gasteiger partial charge is 0.436 e. The van der Waals surface area contributed by atoms with Crippen LogP contribution in [0.25, 0.3) is 0 Å². The quantitative estimate of drug-likeness (QED) is 0.506. The molecule has 0 bridgehead atoms. The SMILES string of the molecule is O=[N+]([O-])c1nccn1[C@@H]1O[C@H](CF)[C@@H](O)[C@@H]1Br. The average Bonchev–Trinajstić information content (AvgIpc) is 2.86. The Kier molecular flexibility index (Phi) is 3.40. The van der Waals surface area contributed by atoms with Crippen molar-refractivity contribution in [3.05, 3.63) is 22.5 Å². The Balaban J connectivity index is 2.29. The summed E-state index contributed by atoms with van der Waals surface area (Å²) >= 11 is 3.14. The molecule has 1 aromatic rings. The third kappa shape index (κ3) is 2.05. The molecule has 0 amide bonds. The van der Waals surface area contributed by atoms with Gasteiger partial charge >= 0.3 is 5.95 Å². The molecule has 1 aliphatic heterocycles. The van der Waals surface area contributed by atoms with E-state index in [2.05, 4.69) is 20.9 Å². The van der Waals surface area contributed by atoms with Gasteiger partial charge in [-0.3, -0.25) is 0 Å². The Hall–Kier alpha value is -1.06. The van der Waals surface area contributed by atoms with E-state index in [1.54, 1.807) is 0 Å². The van der Waals surface area contributed by atoms with Crippen molar-refractivity contribution in [3.8, 4) is 0 Å². The molecule has 9 heteroatoms. The summed E-state index contributed by atoms with van der Waals surface area (Å²) in [6, 6.07) is 0. The van der Waals surface area contributed by atoms with Crippen molar-refractivity contribution in [2.45, 2.75) is 23.3 Å². The van der Waals surface area contributed by atoms with E-state index in [0.29, 0.717) is 0 Å². The molecule has 0 aliphatic carbocycles. The normalized spacial score (nSPS) is 32.9. The molecular weight excluding hydrogens is 301 g/mol. The minimum atomic E-state index is -1.06. The molecule has 2 rings (SSSR count). The summed E-state index contributed by atoms with van der Waals surface area (Å²) in [4.78, 5) is 13.0. The molecule has 7 nitrogen and oxygen atoms in total. The highest BCUT2D eigenvalue weighted by Crippen LogP contribution is 2.36. The topological polar surface area (TPSA) is 90.4 Å². The lowest BCUT2D eigenvalue weighted by molar-refractivity contribution is -0.398. The highest BCUT2D eigenvalue weighted by molar-refractivity contribution is 9.09. The summed E-state index contributed by atoms with van der Waals surface area (Å²) in [5, 5.41) is 20.3. The van der Waals surface area contributed by atoms with Crippen molar-refractivity contribution in [2.75, 3.05) is 6.67 Å². The van der Waals surface area contributed by atoms with Crippen LogP contribution in [0, 0.1) is 10.1 Å². The van der Waals surface area contributed by atoms with Crippen LogP contribution < -0.4 is 0 Å². The van der Waals surface area contributed by atoms with Crippen molar-refractivity contribution in [1.82, 2.24) is 9.55 Å². The Labute approximate surface area is 103 Å². The van der Waals surface area contributed by atoms with Crippen LogP contribution in [0.1, 0.15) is 6.23 Å². The number of aromatic nitrogens is 2. The van der Waals surface area contributed by atoms with Crippen molar-refractivity contribution in [2.24, 2.45) is 0 Å². The van der Waals surface area contributed by atoms with Gasteiger partial charge in [0.05, 0.1) is 0 Å². The first-order valence-corrected chi connectivity index (χ1v) is 5.68. The first-order valence-electron chi connectivity index (χ1n) is 4.77. The maximum atomic E-state index is 12.5. The van der Waals surface area contributed by atoms with Gasteiger partial charge in [-0.2, -0.15) is 0 Å². The number of aliphatic hydroxyl groups is 1. The summed E-state index contributed by atoms with van der Waals surface area (Å²) < 4.78 is 18.9. The maximum Gasteiger partial charge on any atom is 0.436 e. The zero-order chi connectivity index (χ0) is 12.6. The zero-order valence-electron chi connectivity index (χ0n) is 8.44. The van der Waals surface area contributed by atoms with Crippen molar-refractivity contribution in [1.29, 1.82) is 0 Å². The van der Waals surface area contributed by atoms with E-state index in [9.17, 15) is 19.6 Å². The van der Waals surface area contributed by atoms with Crippen LogP contribution >= 0.6 is 15.9 Å². The molecular formula is C8H9BrFN3O4. The highest BCUT2D eigenvalue weighted by atomic mass is 79.9. The number of nitro groups is 1. The predicted octanol–water partition coefficient (Wildman–Crippen LogP) is 0.783. The first kappa shape index (κ1) is 12.4. The van der Waals surface area contributed by atoms with Gasteiger partial charge in [0.25, 0.3) is 0 Å². The van der Waals surface area contributed by atoms with Gasteiger partial charge in [0.1, 0.15) is 36.1 Å². The smallest absolute Gasteiger partial charge is 0.390 e. The molecule has 1 saturated heterocycles. The number of hydrogen-bond acceptors (Lipinski definition) is 5. The van der Waals surface area contributed by atoms with Crippen molar-refractivity contribution < 1.29 is 19.2 Å². The molecule has 1 fully saturated rings. The van der Waals surface area contributed by atoms with E-state index in [-0.39, 0.29) is 0 Å². The first-order chi connectivity index (χ1) is 8.06. The Morgan fingerprint density at radius 1 is 1.76 bits per heavy atom. The highest BCUT2D eigenvalue weighted by Gasteiger charge is 2.46. The summed E-state index contributed by atoms with van der Waals surface area (Å²) in [7, 11) is 0. The minimum absolute atomic E-state index is 0.411.